The molecule has 1 aromatic rings. The molecule has 0 radical (unpaired) electrons. The molecule has 15 heavy (non-hydrogen) atoms. The minimum Gasteiger partial charge on any atom is -0.384 e. The lowest BCUT2D eigenvalue weighted by Crippen LogP contribution is -2.05. The molecule has 0 atom stereocenters. The predicted octanol–water partition coefficient (Wildman–Crippen LogP) is 2.78. The van der Waals surface area contributed by atoms with Crippen molar-refractivity contribution < 1.29 is 0 Å². The lowest BCUT2D eigenvalue weighted by atomic mass is 10.1. The van der Waals surface area contributed by atoms with E-state index < -0.39 is 0 Å². The number of anilines is 1. The third-order valence-corrected chi connectivity index (χ3v) is 2.29. The number of aromatic nitrogens is 1. The van der Waals surface area contributed by atoms with Crippen molar-refractivity contribution in [2.45, 2.75) is 33.6 Å². The first-order valence-electron chi connectivity index (χ1n) is 5.31. The van der Waals surface area contributed by atoms with E-state index in [9.17, 15) is 0 Å². The quantitative estimate of drug-likeness (QED) is 0.765. The number of aryl methyl sites for hydroxylation is 2. The first-order valence-corrected chi connectivity index (χ1v) is 5.31. The van der Waals surface area contributed by atoms with Gasteiger partial charge in [0.25, 0.3) is 0 Å². The maximum Gasteiger partial charge on any atom is 0.103 e. The van der Waals surface area contributed by atoms with Gasteiger partial charge in [0.05, 0.1) is 16.9 Å². The molecule has 0 fully saturated rings. The smallest absolute Gasteiger partial charge is 0.103 e. The Morgan fingerprint density at radius 1 is 1.47 bits per heavy atom. The molecule has 3 nitrogen and oxygen atoms in total. The Morgan fingerprint density at radius 2 is 2.20 bits per heavy atom. The fraction of sp³-hybridized carbons (Fsp3) is 0.500. The van der Waals surface area contributed by atoms with Crippen LogP contribution in [0.15, 0.2) is 6.07 Å². The van der Waals surface area contributed by atoms with Gasteiger partial charge in [-0.05, 0) is 26.3 Å². The number of pyridine rings is 1. The van der Waals surface area contributed by atoms with Gasteiger partial charge in [0.2, 0.25) is 0 Å². The van der Waals surface area contributed by atoms with Crippen LogP contribution in [0, 0.1) is 25.2 Å². The molecule has 1 rings (SSSR count). The molecule has 1 aromatic heterocycles. The molecule has 0 spiro atoms. The van der Waals surface area contributed by atoms with Crippen LogP contribution in [-0.4, -0.2) is 11.5 Å². The molecular weight excluding hydrogens is 186 g/mol. The number of hydrogen-bond acceptors (Lipinski definition) is 3. The molecule has 0 aliphatic carbocycles. The third-order valence-electron chi connectivity index (χ3n) is 2.29. The average molecular weight is 203 g/mol. The van der Waals surface area contributed by atoms with Crippen molar-refractivity contribution in [2.24, 2.45) is 0 Å². The van der Waals surface area contributed by atoms with Crippen molar-refractivity contribution in [1.29, 1.82) is 5.26 Å². The standard InChI is InChI=1S/C12H17N3/c1-4-5-6-14-12-7-9(2)15-10(3)11(12)8-13/h7H,4-6H2,1-3H3,(H,14,15). The molecular formula is C12H17N3. The summed E-state index contributed by atoms with van der Waals surface area (Å²) in [6.07, 6.45) is 2.27. The molecule has 0 bridgehead atoms. The number of nitrogens with zero attached hydrogens (tertiary/aromatic N) is 2. The van der Waals surface area contributed by atoms with Crippen LogP contribution in [0.25, 0.3) is 0 Å². The Balaban J connectivity index is 2.90. The third kappa shape index (κ3) is 2.95. The van der Waals surface area contributed by atoms with Crippen molar-refractivity contribution in [2.75, 3.05) is 11.9 Å². The highest BCUT2D eigenvalue weighted by atomic mass is 14.9. The summed E-state index contributed by atoms with van der Waals surface area (Å²) in [4.78, 5) is 4.27. The molecule has 80 valence electrons. The number of unbranched alkanes of at least 4 members (excludes halogenated alkanes) is 1. The van der Waals surface area contributed by atoms with Crippen molar-refractivity contribution >= 4 is 5.69 Å². The molecule has 0 aromatic carbocycles. The first kappa shape index (κ1) is 11.5. The Kier molecular flexibility index (Phi) is 4.11. The van der Waals surface area contributed by atoms with Gasteiger partial charge in [0, 0.05) is 12.2 Å². The van der Waals surface area contributed by atoms with E-state index in [0.717, 1.165) is 36.5 Å². The van der Waals surface area contributed by atoms with Gasteiger partial charge in [0.15, 0.2) is 0 Å². The van der Waals surface area contributed by atoms with Gasteiger partial charge >= 0.3 is 0 Å². The average Bonchev–Trinajstić information content (AvgIpc) is 2.17. The summed E-state index contributed by atoms with van der Waals surface area (Å²) < 4.78 is 0. The molecule has 0 amide bonds. The maximum atomic E-state index is 9.02. The summed E-state index contributed by atoms with van der Waals surface area (Å²) in [5.74, 6) is 0. The lowest BCUT2D eigenvalue weighted by molar-refractivity contribution is 0.833. The maximum absolute atomic E-state index is 9.02. The normalized spacial score (nSPS) is 9.73. The summed E-state index contributed by atoms with van der Waals surface area (Å²) in [5, 5.41) is 12.3. The highest BCUT2D eigenvalue weighted by molar-refractivity contribution is 5.59. The van der Waals surface area contributed by atoms with Gasteiger partial charge in [-0.2, -0.15) is 5.26 Å². The summed E-state index contributed by atoms with van der Waals surface area (Å²) in [6, 6.07) is 4.12. The van der Waals surface area contributed by atoms with Crippen molar-refractivity contribution in [3.63, 3.8) is 0 Å². The summed E-state index contributed by atoms with van der Waals surface area (Å²) >= 11 is 0. The van der Waals surface area contributed by atoms with Gasteiger partial charge in [-0.25, -0.2) is 0 Å². The van der Waals surface area contributed by atoms with Crippen LogP contribution in [0.2, 0.25) is 0 Å². The summed E-state index contributed by atoms with van der Waals surface area (Å²) in [5.41, 5.74) is 3.33. The van der Waals surface area contributed by atoms with Crippen molar-refractivity contribution in [1.82, 2.24) is 4.98 Å². The van der Waals surface area contributed by atoms with Crippen molar-refractivity contribution in [3.05, 3.63) is 23.0 Å². The van der Waals surface area contributed by atoms with Crippen LogP contribution in [0.4, 0.5) is 5.69 Å². The summed E-state index contributed by atoms with van der Waals surface area (Å²) in [6.45, 7) is 6.87. The van der Waals surface area contributed by atoms with E-state index in [1.165, 1.54) is 0 Å². The molecule has 3 heteroatoms. The highest BCUT2D eigenvalue weighted by Crippen LogP contribution is 2.18. The van der Waals surface area contributed by atoms with Gasteiger partial charge in [-0.1, -0.05) is 13.3 Å². The number of rotatable bonds is 4. The zero-order chi connectivity index (χ0) is 11.3. The van der Waals surface area contributed by atoms with E-state index in [4.69, 9.17) is 5.26 Å². The largest absolute Gasteiger partial charge is 0.384 e. The minimum absolute atomic E-state index is 0.664. The number of nitrogens with one attached hydrogen (secondary N) is 1. The predicted molar refractivity (Wildman–Crippen MR) is 61.8 cm³/mol. The SMILES string of the molecule is CCCCNc1cc(C)nc(C)c1C#N. The fourth-order valence-electron chi connectivity index (χ4n) is 1.51. The van der Waals surface area contributed by atoms with E-state index in [0.29, 0.717) is 5.56 Å². The Morgan fingerprint density at radius 3 is 2.80 bits per heavy atom. The molecule has 0 saturated carbocycles. The Bertz CT molecular complexity index is 377. The van der Waals surface area contributed by atoms with Crippen LogP contribution in [0.3, 0.4) is 0 Å². The van der Waals surface area contributed by atoms with Crippen LogP contribution in [-0.2, 0) is 0 Å². The molecule has 0 aliphatic heterocycles. The van der Waals surface area contributed by atoms with Gasteiger partial charge in [-0.3, -0.25) is 4.98 Å². The zero-order valence-corrected chi connectivity index (χ0v) is 9.59. The van der Waals surface area contributed by atoms with E-state index >= 15 is 0 Å². The van der Waals surface area contributed by atoms with Crippen LogP contribution < -0.4 is 5.32 Å². The molecule has 0 saturated heterocycles. The van der Waals surface area contributed by atoms with Gasteiger partial charge in [-0.15, -0.1) is 0 Å². The Labute approximate surface area is 91.1 Å². The van der Waals surface area contributed by atoms with Crippen LogP contribution in [0.5, 0.6) is 0 Å². The monoisotopic (exact) mass is 203 g/mol. The van der Waals surface area contributed by atoms with E-state index in [1.54, 1.807) is 0 Å². The van der Waals surface area contributed by atoms with E-state index in [1.807, 2.05) is 19.9 Å². The number of hydrogen-bond donors (Lipinski definition) is 1. The zero-order valence-electron chi connectivity index (χ0n) is 9.59. The van der Waals surface area contributed by atoms with Gasteiger partial charge in [0.1, 0.15) is 6.07 Å². The van der Waals surface area contributed by atoms with E-state index in [-0.39, 0.29) is 0 Å². The molecule has 0 aliphatic rings. The fourth-order valence-corrected chi connectivity index (χ4v) is 1.51. The van der Waals surface area contributed by atoms with Crippen LogP contribution in [0.1, 0.15) is 36.7 Å². The second-order valence-corrected chi connectivity index (χ2v) is 3.66. The molecule has 1 N–H and O–H groups in total. The lowest BCUT2D eigenvalue weighted by Gasteiger charge is -2.10. The number of nitriles is 1. The second-order valence-electron chi connectivity index (χ2n) is 3.66. The second kappa shape index (κ2) is 5.35. The van der Waals surface area contributed by atoms with Crippen LogP contribution >= 0.6 is 0 Å². The minimum atomic E-state index is 0.664. The molecule has 1 heterocycles. The Hall–Kier alpha value is -1.56. The van der Waals surface area contributed by atoms with E-state index in [2.05, 4.69) is 23.3 Å². The summed E-state index contributed by atoms with van der Waals surface area (Å²) in [7, 11) is 0. The van der Waals surface area contributed by atoms with Crippen molar-refractivity contribution in [3.8, 4) is 6.07 Å². The van der Waals surface area contributed by atoms with Gasteiger partial charge < -0.3 is 5.32 Å². The highest BCUT2D eigenvalue weighted by Gasteiger charge is 2.06. The topological polar surface area (TPSA) is 48.7 Å². The first-order chi connectivity index (χ1) is 7.19. The molecule has 0 unspecified atom stereocenters.